The quantitative estimate of drug-likeness (QED) is 0.614. The highest BCUT2D eigenvalue weighted by atomic mass is 16.3. The van der Waals surface area contributed by atoms with Crippen molar-refractivity contribution in [2.75, 3.05) is 31.5 Å². The lowest BCUT2D eigenvalue weighted by atomic mass is 10.1. The first kappa shape index (κ1) is 21.0. The van der Waals surface area contributed by atoms with Crippen LogP contribution in [0.25, 0.3) is 0 Å². The SMILES string of the molecule is O=C(Nc1cccc(C#Cc2ccccc2)c1)N1CCN(C(=O)c2ccccc2O)CC1. The standard InChI is InChI=1S/C26H23N3O3/c30-24-12-5-4-11-23(24)25(31)28-15-17-29(18-16-28)26(32)27-22-10-6-9-21(19-22)14-13-20-7-2-1-3-8-20/h1-12,19,30H,15-18H2,(H,27,32). The molecule has 32 heavy (non-hydrogen) atoms. The Morgan fingerprint density at radius 3 is 2.12 bits per heavy atom. The van der Waals surface area contributed by atoms with Gasteiger partial charge in [0, 0.05) is 43.0 Å². The van der Waals surface area contributed by atoms with E-state index in [2.05, 4.69) is 17.2 Å². The summed E-state index contributed by atoms with van der Waals surface area (Å²) in [5.74, 6) is 5.96. The van der Waals surface area contributed by atoms with Crippen molar-refractivity contribution in [2.45, 2.75) is 0 Å². The number of carbonyl (C=O) groups excluding carboxylic acids is 2. The van der Waals surface area contributed by atoms with E-state index in [1.54, 1.807) is 28.0 Å². The van der Waals surface area contributed by atoms with Gasteiger partial charge in [-0.15, -0.1) is 0 Å². The normalized spacial score (nSPS) is 13.1. The number of nitrogens with zero attached hydrogens (tertiary/aromatic N) is 2. The molecule has 1 aliphatic rings. The molecule has 6 heteroatoms. The van der Waals surface area contributed by atoms with Crippen molar-refractivity contribution in [1.29, 1.82) is 0 Å². The van der Waals surface area contributed by atoms with E-state index in [4.69, 9.17) is 0 Å². The van der Waals surface area contributed by atoms with Crippen LogP contribution in [0.3, 0.4) is 0 Å². The smallest absolute Gasteiger partial charge is 0.321 e. The largest absolute Gasteiger partial charge is 0.507 e. The monoisotopic (exact) mass is 425 g/mol. The number of phenols is 1. The van der Waals surface area contributed by atoms with Crippen LogP contribution in [0.1, 0.15) is 21.5 Å². The molecule has 0 bridgehead atoms. The van der Waals surface area contributed by atoms with Crippen LogP contribution in [0.2, 0.25) is 0 Å². The Morgan fingerprint density at radius 1 is 0.750 bits per heavy atom. The van der Waals surface area contributed by atoms with Gasteiger partial charge in [-0.1, -0.05) is 48.2 Å². The zero-order valence-electron chi connectivity index (χ0n) is 17.5. The molecule has 2 N–H and O–H groups in total. The molecule has 1 aliphatic heterocycles. The predicted octanol–water partition coefficient (Wildman–Crippen LogP) is 3.78. The Labute approximate surface area is 187 Å². The number of rotatable bonds is 2. The van der Waals surface area contributed by atoms with Gasteiger partial charge in [0.2, 0.25) is 0 Å². The molecule has 160 valence electrons. The van der Waals surface area contributed by atoms with Crippen molar-refractivity contribution in [3.05, 3.63) is 95.6 Å². The first-order valence-electron chi connectivity index (χ1n) is 10.4. The van der Waals surface area contributed by atoms with Crippen LogP contribution >= 0.6 is 0 Å². The molecule has 3 amide bonds. The van der Waals surface area contributed by atoms with Gasteiger partial charge in [0.25, 0.3) is 5.91 Å². The molecular weight excluding hydrogens is 402 g/mol. The van der Waals surface area contributed by atoms with Crippen LogP contribution < -0.4 is 5.32 Å². The molecule has 0 aromatic heterocycles. The molecule has 1 heterocycles. The van der Waals surface area contributed by atoms with Gasteiger partial charge in [0.05, 0.1) is 5.56 Å². The first-order chi connectivity index (χ1) is 15.6. The third-order valence-electron chi connectivity index (χ3n) is 5.23. The summed E-state index contributed by atoms with van der Waals surface area (Å²) in [5.41, 5.74) is 2.68. The molecule has 0 unspecified atom stereocenters. The number of urea groups is 1. The van der Waals surface area contributed by atoms with Crippen molar-refractivity contribution in [2.24, 2.45) is 0 Å². The van der Waals surface area contributed by atoms with Crippen LogP contribution in [-0.4, -0.2) is 53.0 Å². The molecular formula is C26H23N3O3. The van der Waals surface area contributed by atoms with E-state index >= 15 is 0 Å². The number of phenolic OH excluding ortho intramolecular Hbond substituents is 1. The summed E-state index contributed by atoms with van der Waals surface area (Å²) in [6.45, 7) is 1.64. The summed E-state index contributed by atoms with van der Waals surface area (Å²) in [6, 6.07) is 23.4. The maximum Gasteiger partial charge on any atom is 0.321 e. The molecule has 3 aromatic carbocycles. The minimum Gasteiger partial charge on any atom is -0.507 e. The lowest BCUT2D eigenvalue weighted by Crippen LogP contribution is -2.51. The zero-order chi connectivity index (χ0) is 22.3. The van der Waals surface area contributed by atoms with E-state index in [-0.39, 0.29) is 23.3 Å². The van der Waals surface area contributed by atoms with Crippen LogP contribution in [0.15, 0.2) is 78.9 Å². The topological polar surface area (TPSA) is 72.9 Å². The molecule has 0 atom stereocenters. The van der Waals surface area contributed by atoms with Gasteiger partial charge in [0.15, 0.2) is 0 Å². The Hall–Kier alpha value is -4.24. The highest BCUT2D eigenvalue weighted by Crippen LogP contribution is 2.19. The highest BCUT2D eigenvalue weighted by molar-refractivity contribution is 5.97. The summed E-state index contributed by atoms with van der Waals surface area (Å²) in [5, 5.41) is 12.8. The second-order valence-electron chi connectivity index (χ2n) is 7.42. The number of amides is 3. The lowest BCUT2D eigenvalue weighted by Gasteiger charge is -2.34. The number of aromatic hydroxyl groups is 1. The van der Waals surface area contributed by atoms with E-state index in [0.29, 0.717) is 31.9 Å². The van der Waals surface area contributed by atoms with E-state index in [9.17, 15) is 14.7 Å². The second-order valence-corrected chi connectivity index (χ2v) is 7.42. The Bertz CT molecular complexity index is 1170. The van der Waals surface area contributed by atoms with Crippen LogP contribution in [0.5, 0.6) is 5.75 Å². The lowest BCUT2D eigenvalue weighted by molar-refractivity contribution is 0.0668. The molecule has 4 rings (SSSR count). The Balaban J connectivity index is 1.34. The van der Waals surface area contributed by atoms with Gasteiger partial charge in [0.1, 0.15) is 5.75 Å². The molecule has 1 saturated heterocycles. The molecule has 1 fully saturated rings. The number of hydrogen-bond donors (Lipinski definition) is 2. The number of carbonyl (C=O) groups is 2. The second kappa shape index (κ2) is 9.71. The number of hydrogen-bond acceptors (Lipinski definition) is 3. The third-order valence-corrected chi connectivity index (χ3v) is 5.23. The van der Waals surface area contributed by atoms with Crippen LogP contribution in [0, 0.1) is 11.8 Å². The number of piperazine rings is 1. The molecule has 0 radical (unpaired) electrons. The summed E-state index contributed by atoms with van der Waals surface area (Å²) >= 11 is 0. The number of benzene rings is 3. The summed E-state index contributed by atoms with van der Waals surface area (Å²) < 4.78 is 0. The van der Waals surface area contributed by atoms with Crippen molar-refractivity contribution in [3.8, 4) is 17.6 Å². The summed E-state index contributed by atoms with van der Waals surface area (Å²) in [4.78, 5) is 28.6. The minimum atomic E-state index is -0.229. The van der Waals surface area contributed by atoms with Gasteiger partial charge in [-0.05, 0) is 42.5 Å². The van der Waals surface area contributed by atoms with Crippen molar-refractivity contribution in [1.82, 2.24) is 9.80 Å². The number of anilines is 1. The van der Waals surface area contributed by atoms with Gasteiger partial charge < -0.3 is 20.2 Å². The van der Waals surface area contributed by atoms with Gasteiger partial charge >= 0.3 is 6.03 Å². The van der Waals surface area contributed by atoms with E-state index < -0.39 is 0 Å². The first-order valence-corrected chi connectivity index (χ1v) is 10.4. The van der Waals surface area contributed by atoms with Crippen molar-refractivity contribution < 1.29 is 14.7 Å². The third kappa shape index (κ3) is 5.08. The molecule has 3 aromatic rings. The Kier molecular flexibility index (Phi) is 6.38. The van der Waals surface area contributed by atoms with Gasteiger partial charge in [-0.25, -0.2) is 4.79 Å². The summed E-state index contributed by atoms with van der Waals surface area (Å²) in [6.07, 6.45) is 0. The molecule has 0 saturated carbocycles. The molecule has 0 spiro atoms. The highest BCUT2D eigenvalue weighted by Gasteiger charge is 2.26. The minimum absolute atomic E-state index is 0.0343. The average Bonchev–Trinajstić information content (AvgIpc) is 2.84. The van der Waals surface area contributed by atoms with Crippen LogP contribution in [-0.2, 0) is 0 Å². The van der Waals surface area contributed by atoms with Gasteiger partial charge in [-0.3, -0.25) is 4.79 Å². The Morgan fingerprint density at radius 2 is 1.38 bits per heavy atom. The van der Waals surface area contributed by atoms with Crippen molar-refractivity contribution in [3.63, 3.8) is 0 Å². The van der Waals surface area contributed by atoms with E-state index in [1.165, 1.54) is 6.07 Å². The zero-order valence-corrected chi connectivity index (χ0v) is 17.5. The van der Waals surface area contributed by atoms with Gasteiger partial charge in [-0.2, -0.15) is 0 Å². The number of para-hydroxylation sites is 1. The average molecular weight is 425 g/mol. The van der Waals surface area contributed by atoms with E-state index in [1.807, 2.05) is 54.6 Å². The fourth-order valence-electron chi connectivity index (χ4n) is 3.48. The predicted molar refractivity (Wildman–Crippen MR) is 123 cm³/mol. The maximum absolute atomic E-state index is 12.7. The van der Waals surface area contributed by atoms with Crippen LogP contribution in [0.4, 0.5) is 10.5 Å². The fourth-order valence-corrected chi connectivity index (χ4v) is 3.48. The van der Waals surface area contributed by atoms with Crippen molar-refractivity contribution >= 4 is 17.6 Å². The number of nitrogens with one attached hydrogen (secondary N) is 1. The fraction of sp³-hybridized carbons (Fsp3) is 0.154. The van der Waals surface area contributed by atoms with E-state index in [0.717, 1.165) is 11.1 Å². The molecule has 0 aliphatic carbocycles. The molecule has 6 nitrogen and oxygen atoms in total. The maximum atomic E-state index is 12.7. The summed E-state index contributed by atoms with van der Waals surface area (Å²) in [7, 11) is 0.